The van der Waals surface area contributed by atoms with Gasteiger partial charge in [0, 0.05) is 44.6 Å². The van der Waals surface area contributed by atoms with Gasteiger partial charge >= 0.3 is 0 Å². The molecule has 0 saturated heterocycles. The van der Waals surface area contributed by atoms with Crippen LogP contribution in [0.15, 0.2) is 24.5 Å². The van der Waals surface area contributed by atoms with Crippen LogP contribution in [0, 0.1) is 0 Å². The summed E-state index contributed by atoms with van der Waals surface area (Å²) in [6.07, 6.45) is 9.47. The van der Waals surface area contributed by atoms with Crippen LogP contribution >= 0.6 is 11.3 Å². The second-order valence-electron chi connectivity index (χ2n) is 6.05. The molecule has 0 radical (unpaired) electrons. The minimum Gasteiger partial charge on any atom is -0.385 e. The van der Waals surface area contributed by atoms with E-state index in [0.29, 0.717) is 6.61 Å². The van der Waals surface area contributed by atoms with Crippen molar-refractivity contribution in [1.29, 1.82) is 0 Å². The molecule has 0 atom stereocenters. The number of hydrogen-bond donors (Lipinski definition) is 0. The summed E-state index contributed by atoms with van der Waals surface area (Å²) in [5.41, 5.74) is 2.20. The van der Waals surface area contributed by atoms with Crippen LogP contribution in [0.5, 0.6) is 0 Å². The average Bonchev–Trinajstić information content (AvgIpc) is 3.21. The Labute approximate surface area is 141 Å². The summed E-state index contributed by atoms with van der Waals surface area (Å²) < 4.78 is 7.18. The number of fused-ring (bicyclic) bond motifs is 1. The molecule has 0 N–H and O–H groups in total. The maximum Gasteiger partial charge on any atom is 0.256 e. The number of methoxy groups -OCH3 is 1. The third-order valence-corrected chi connectivity index (χ3v) is 5.70. The Hall–Kier alpha value is -1.59. The van der Waals surface area contributed by atoms with Crippen molar-refractivity contribution in [3.63, 3.8) is 0 Å². The lowest BCUT2D eigenvalue weighted by atomic mass is 9.95. The van der Waals surface area contributed by atoms with Crippen molar-refractivity contribution in [3.05, 3.63) is 40.5 Å². The summed E-state index contributed by atoms with van der Waals surface area (Å²) in [7, 11) is 3.59. The van der Waals surface area contributed by atoms with Crippen LogP contribution in [-0.2, 0) is 17.6 Å². The van der Waals surface area contributed by atoms with Gasteiger partial charge in [-0.3, -0.25) is 4.79 Å². The first-order valence-corrected chi connectivity index (χ1v) is 9.06. The van der Waals surface area contributed by atoms with Crippen LogP contribution in [-0.4, -0.2) is 42.7 Å². The van der Waals surface area contributed by atoms with E-state index in [4.69, 9.17) is 4.74 Å². The fraction of sp³-hybridized carbons (Fsp3) is 0.500. The molecule has 124 valence electrons. The van der Waals surface area contributed by atoms with E-state index in [2.05, 4.69) is 4.57 Å². The molecule has 2 heterocycles. The summed E-state index contributed by atoms with van der Waals surface area (Å²) >= 11 is 1.78. The van der Waals surface area contributed by atoms with Crippen molar-refractivity contribution in [2.75, 3.05) is 27.3 Å². The first-order valence-electron chi connectivity index (χ1n) is 8.24. The Morgan fingerprint density at radius 1 is 1.30 bits per heavy atom. The molecule has 0 fully saturated rings. The molecule has 0 aliphatic heterocycles. The number of aromatic nitrogens is 1. The molecular weight excluding hydrogens is 308 g/mol. The predicted octanol–water partition coefficient (Wildman–Crippen LogP) is 3.53. The third kappa shape index (κ3) is 3.35. The van der Waals surface area contributed by atoms with E-state index in [1.54, 1.807) is 18.4 Å². The molecule has 23 heavy (non-hydrogen) atoms. The normalized spacial score (nSPS) is 13.8. The SMILES string of the molecule is COCCCN(C)C(=O)c1c(-n2cccc2)sc2c1CCCC2. The van der Waals surface area contributed by atoms with Gasteiger partial charge in [0.1, 0.15) is 5.00 Å². The Bertz CT molecular complexity index is 661. The lowest BCUT2D eigenvalue weighted by Gasteiger charge is -2.20. The molecule has 0 bridgehead atoms. The van der Waals surface area contributed by atoms with Crippen molar-refractivity contribution in [2.24, 2.45) is 0 Å². The summed E-state index contributed by atoms with van der Waals surface area (Å²) in [4.78, 5) is 16.3. The van der Waals surface area contributed by atoms with Crippen LogP contribution in [0.1, 0.15) is 40.1 Å². The molecular formula is C18H24N2O2S. The quantitative estimate of drug-likeness (QED) is 0.759. The fourth-order valence-corrected chi connectivity index (χ4v) is 4.51. The van der Waals surface area contributed by atoms with Gasteiger partial charge in [0.2, 0.25) is 0 Å². The number of ether oxygens (including phenoxy) is 1. The molecule has 2 aromatic rings. The van der Waals surface area contributed by atoms with Crippen LogP contribution in [0.25, 0.3) is 5.00 Å². The zero-order chi connectivity index (χ0) is 16.2. The summed E-state index contributed by atoms with van der Waals surface area (Å²) in [5.74, 6) is 0.143. The van der Waals surface area contributed by atoms with Crippen molar-refractivity contribution >= 4 is 17.2 Å². The van der Waals surface area contributed by atoms with E-state index >= 15 is 0 Å². The summed E-state index contributed by atoms with van der Waals surface area (Å²) in [6.45, 7) is 1.41. The molecule has 0 spiro atoms. The maximum atomic E-state index is 13.1. The molecule has 0 saturated carbocycles. The average molecular weight is 332 g/mol. The highest BCUT2D eigenvalue weighted by Gasteiger charge is 2.27. The van der Waals surface area contributed by atoms with Gasteiger partial charge in [0.25, 0.3) is 5.91 Å². The van der Waals surface area contributed by atoms with Crippen molar-refractivity contribution in [1.82, 2.24) is 9.47 Å². The number of aryl methyl sites for hydroxylation is 1. The highest BCUT2D eigenvalue weighted by atomic mass is 32.1. The fourth-order valence-electron chi connectivity index (χ4n) is 3.16. The number of hydrogen-bond acceptors (Lipinski definition) is 3. The van der Waals surface area contributed by atoms with Gasteiger partial charge in [-0.1, -0.05) is 0 Å². The van der Waals surface area contributed by atoms with E-state index in [1.807, 2.05) is 36.5 Å². The molecule has 1 aliphatic rings. The van der Waals surface area contributed by atoms with Crippen LogP contribution in [0.4, 0.5) is 0 Å². The summed E-state index contributed by atoms with van der Waals surface area (Å²) in [6, 6.07) is 4.02. The van der Waals surface area contributed by atoms with Crippen LogP contribution < -0.4 is 0 Å². The first kappa shape index (κ1) is 16.3. The molecule has 0 aromatic carbocycles. The number of carbonyl (C=O) groups excluding carboxylic acids is 1. The minimum absolute atomic E-state index is 0.143. The molecule has 1 aliphatic carbocycles. The van der Waals surface area contributed by atoms with Gasteiger partial charge in [-0.2, -0.15) is 0 Å². The lowest BCUT2D eigenvalue weighted by molar-refractivity contribution is 0.0778. The van der Waals surface area contributed by atoms with Crippen molar-refractivity contribution in [3.8, 4) is 5.00 Å². The van der Waals surface area contributed by atoms with E-state index in [9.17, 15) is 4.79 Å². The predicted molar refractivity (Wildman–Crippen MR) is 93.7 cm³/mol. The number of amides is 1. The number of carbonyl (C=O) groups is 1. The van der Waals surface area contributed by atoms with Crippen molar-refractivity contribution < 1.29 is 9.53 Å². The van der Waals surface area contributed by atoms with E-state index in [1.165, 1.54) is 23.3 Å². The van der Waals surface area contributed by atoms with Gasteiger partial charge in [-0.05, 0) is 49.8 Å². The number of nitrogens with zero attached hydrogens (tertiary/aromatic N) is 2. The standard InChI is InChI=1S/C18H24N2O2S/c1-19(10-7-13-22-2)17(21)16-14-8-3-4-9-15(14)23-18(16)20-11-5-6-12-20/h5-6,11-12H,3-4,7-10,13H2,1-2H3. The zero-order valence-electron chi connectivity index (χ0n) is 13.9. The molecule has 3 rings (SSSR count). The summed E-state index contributed by atoms with van der Waals surface area (Å²) in [5, 5.41) is 1.07. The van der Waals surface area contributed by atoms with Gasteiger partial charge in [-0.25, -0.2) is 0 Å². The highest BCUT2D eigenvalue weighted by Crippen LogP contribution is 2.37. The van der Waals surface area contributed by atoms with Crippen molar-refractivity contribution in [2.45, 2.75) is 32.1 Å². The van der Waals surface area contributed by atoms with Gasteiger partial charge in [0.05, 0.1) is 5.56 Å². The first-order chi connectivity index (χ1) is 11.2. The Morgan fingerprint density at radius 3 is 2.78 bits per heavy atom. The molecule has 4 nitrogen and oxygen atoms in total. The largest absolute Gasteiger partial charge is 0.385 e. The second-order valence-corrected chi connectivity index (χ2v) is 7.14. The van der Waals surface area contributed by atoms with Gasteiger partial charge < -0.3 is 14.2 Å². The minimum atomic E-state index is 0.143. The van der Waals surface area contributed by atoms with Crippen LogP contribution in [0.2, 0.25) is 0 Å². The smallest absolute Gasteiger partial charge is 0.256 e. The molecule has 1 amide bonds. The maximum absolute atomic E-state index is 13.1. The third-order valence-electron chi connectivity index (χ3n) is 4.39. The van der Waals surface area contributed by atoms with E-state index < -0.39 is 0 Å². The monoisotopic (exact) mass is 332 g/mol. The Balaban J connectivity index is 1.93. The van der Waals surface area contributed by atoms with Crippen LogP contribution in [0.3, 0.4) is 0 Å². The number of thiophene rings is 1. The molecule has 2 aromatic heterocycles. The molecule has 0 unspecified atom stereocenters. The van der Waals surface area contributed by atoms with E-state index in [-0.39, 0.29) is 5.91 Å². The number of rotatable bonds is 6. The highest BCUT2D eigenvalue weighted by molar-refractivity contribution is 7.15. The van der Waals surface area contributed by atoms with E-state index in [0.717, 1.165) is 36.4 Å². The van der Waals surface area contributed by atoms with Gasteiger partial charge in [0.15, 0.2) is 0 Å². The van der Waals surface area contributed by atoms with Gasteiger partial charge in [-0.15, -0.1) is 11.3 Å². The topological polar surface area (TPSA) is 34.5 Å². The Morgan fingerprint density at radius 2 is 2.04 bits per heavy atom. The molecule has 5 heteroatoms. The second kappa shape index (κ2) is 7.32. The lowest BCUT2D eigenvalue weighted by Crippen LogP contribution is -2.29. The zero-order valence-corrected chi connectivity index (χ0v) is 14.7. The Kier molecular flexibility index (Phi) is 5.18.